The number of ketones is 1. The number of nitrogens with one attached hydrogen (secondary N) is 3. The minimum atomic E-state index is -0.315. The SMILES string of the molecule is CCCc1c(C(=O)Nc2ccc(N3CCNC(=O)C3)c(Cl)c2)[nH]c(C)c1C(C)=O. The van der Waals surface area contributed by atoms with Crippen molar-refractivity contribution in [3.63, 3.8) is 0 Å². The van der Waals surface area contributed by atoms with Crippen LogP contribution in [0.15, 0.2) is 18.2 Å². The Hall–Kier alpha value is -2.80. The molecule has 0 unspecified atom stereocenters. The van der Waals surface area contributed by atoms with Gasteiger partial charge in [-0.3, -0.25) is 14.4 Å². The van der Waals surface area contributed by atoms with E-state index in [1.165, 1.54) is 6.92 Å². The molecule has 1 aliphatic heterocycles. The van der Waals surface area contributed by atoms with Gasteiger partial charge in [-0.05, 0) is 44.0 Å². The van der Waals surface area contributed by atoms with Gasteiger partial charge in [0.15, 0.2) is 5.78 Å². The molecule has 1 aromatic heterocycles. The number of rotatable bonds is 6. The second-order valence-electron chi connectivity index (χ2n) is 7.18. The van der Waals surface area contributed by atoms with Gasteiger partial charge in [-0.15, -0.1) is 0 Å². The number of halogens is 1. The maximum atomic E-state index is 12.9. The van der Waals surface area contributed by atoms with Gasteiger partial charge in [0.1, 0.15) is 5.69 Å². The van der Waals surface area contributed by atoms with E-state index in [2.05, 4.69) is 15.6 Å². The highest BCUT2D eigenvalue weighted by Gasteiger charge is 2.23. The number of H-pyrrole nitrogens is 1. The zero-order valence-electron chi connectivity index (χ0n) is 16.8. The molecule has 1 saturated heterocycles. The van der Waals surface area contributed by atoms with Crippen LogP contribution in [0.5, 0.6) is 0 Å². The summed E-state index contributed by atoms with van der Waals surface area (Å²) in [5.74, 6) is -0.416. The quantitative estimate of drug-likeness (QED) is 0.629. The number of carbonyl (C=O) groups excluding carboxylic acids is 3. The van der Waals surface area contributed by atoms with Crippen molar-refractivity contribution in [1.29, 1.82) is 0 Å². The van der Waals surface area contributed by atoms with Crippen LogP contribution in [0.1, 0.15) is 52.4 Å². The van der Waals surface area contributed by atoms with E-state index >= 15 is 0 Å². The maximum absolute atomic E-state index is 12.9. The molecule has 154 valence electrons. The van der Waals surface area contributed by atoms with E-state index in [-0.39, 0.29) is 24.1 Å². The van der Waals surface area contributed by atoms with Gasteiger partial charge in [-0.1, -0.05) is 24.9 Å². The zero-order valence-corrected chi connectivity index (χ0v) is 17.6. The van der Waals surface area contributed by atoms with Gasteiger partial charge in [0.2, 0.25) is 5.91 Å². The Balaban J connectivity index is 1.83. The van der Waals surface area contributed by atoms with Gasteiger partial charge < -0.3 is 20.5 Å². The number of anilines is 2. The van der Waals surface area contributed by atoms with E-state index in [0.717, 1.165) is 17.7 Å². The van der Waals surface area contributed by atoms with Gasteiger partial charge in [0.05, 0.1) is 17.3 Å². The number of hydrogen-bond acceptors (Lipinski definition) is 4. The van der Waals surface area contributed by atoms with Crippen molar-refractivity contribution in [1.82, 2.24) is 10.3 Å². The normalized spacial score (nSPS) is 13.9. The number of aryl methyl sites for hydroxylation is 1. The smallest absolute Gasteiger partial charge is 0.272 e. The summed E-state index contributed by atoms with van der Waals surface area (Å²) in [6.45, 7) is 6.81. The van der Waals surface area contributed by atoms with Crippen LogP contribution in [-0.2, 0) is 11.2 Å². The summed E-state index contributed by atoms with van der Waals surface area (Å²) in [4.78, 5) is 41.5. The van der Waals surface area contributed by atoms with Crippen molar-refractivity contribution in [2.45, 2.75) is 33.6 Å². The fourth-order valence-electron chi connectivity index (χ4n) is 3.73. The number of aromatic nitrogens is 1. The summed E-state index contributed by atoms with van der Waals surface area (Å²) >= 11 is 6.41. The monoisotopic (exact) mass is 416 g/mol. The molecule has 3 rings (SSSR count). The molecule has 29 heavy (non-hydrogen) atoms. The Morgan fingerprint density at radius 1 is 1.31 bits per heavy atom. The zero-order chi connectivity index (χ0) is 21.1. The topological polar surface area (TPSA) is 94.3 Å². The van der Waals surface area contributed by atoms with Gasteiger partial charge in [-0.2, -0.15) is 0 Å². The molecule has 7 nitrogen and oxygen atoms in total. The first kappa shape index (κ1) is 20.9. The van der Waals surface area contributed by atoms with Crippen LogP contribution in [0.25, 0.3) is 0 Å². The van der Waals surface area contributed by atoms with Crippen molar-refractivity contribution >= 4 is 40.6 Å². The average molecular weight is 417 g/mol. The first-order chi connectivity index (χ1) is 13.8. The lowest BCUT2D eigenvalue weighted by molar-refractivity contribution is -0.120. The molecule has 0 spiro atoms. The lowest BCUT2D eigenvalue weighted by Gasteiger charge is -2.29. The van der Waals surface area contributed by atoms with Crippen LogP contribution in [0.2, 0.25) is 5.02 Å². The van der Waals surface area contributed by atoms with Crippen LogP contribution in [0, 0.1) is 6.92 Å². The second kappa shape index (κ2) is 8.69. The van der Waals surface area contributed by atoms with Crippen LogP contribution >= 0.6 is 11.6 Å². The van der Waals surface area contributed by atoms with E-state index in [0.29, 0.717) is 47.2 Å². The highest BCUT2D eigenvalue weighted by Crippen LogP contribution is 2.30. The molecule has 8 heteroatoms. The molecule has 0 radical (unpaired) electrons. The van der Waals surface area contributed by atoms with Crippen molar-refractivity contribution < 1.29 is 14.4 Å². The Morgan fingerprint density at radius 2 is 2.07 bits per heavy atom. The molecule has 1 aliphatic rings. The summed E-state index contributed by atoms with van der Waals surface area (Å²) in [5, 5.41) is 6.09. The van der Waals surface area contributed by atoms with Crippen LogP contribution in [0.3, 0.4) is 0 Å². The number of hydrogen-bond donors (Lipinski definition) is 3. The highest BCUT2D eigenvalue weighted by molar-refractivity contribution is 6.33. The summed E-state index contributed by atoms with van der Waals surface area (Å²) < 4.78 is 0. The van der Waals surface area contributed by atoms with E-state index in [1.807, 2.05) is 11.8 Å². The van der Waals surface area contributed by atoms with Crippen LogP contribution < -0.4 is 15.5 Å². The summed E-state index contributed by atoms with van der Waals surface area (Å²) in [6.07, 6.45) is 1.46. The molecule has 0 atom stereocenters. The Morgan fingerprint density at radius 3 is 2.69 bits per heavy atom. The van der Waals surface area contributed by atoms with E-state index in [4.69, 9.17) is 11.6 Å². The van der Waals surface area contributed by atoms with Crippen molar-refractivity contribution in [2.24, 2.45) is 0 Å². The van der Waals surface area contributed by atoms with Crippen LogP contribution in [0.4, 0.5) is 11.4 Å². The van der Waals surface area contributed by atoms with Crippen molar-refractivity contribution in [3.8, 4) is 0 Å². The average Bonchev–Trinajstić information content (AvgIpc) is 2.98. The van der Waals surface area contributed by atoms with Gasteiger partial charge in [0.25, 0.3) is 5.91 Å². The molecule has 3 N–H and O–H groups in total. The standard InChI is InChI=1S/C21H25ClN4O3/c1-4-5-15-19(13(3)27)12(2)24-20(15)21(29)25-14-6-7-17(16(22)10-14)26-9-8-23-18(28)11-26/h6-7,10,24H,4-5,8-9,11H2,1-3H3,(H,23,28)(H,25,29). The van der Waals surface area contributed by atoms with E-state index in [1.54, 1.807) is 25.1 Å². The fourth-order valence-corrected chi connectivity index (χ4v) is 4.03. The molecule has 2 heterocycles. The first-order valence-electron chi connectivity index (χ1n) is 9.66. The third-order valence-electron chi connectivity index (χ3n) is 4.95. The van der Waals surface area contributed by atoms with Gasteiger partial charge in [0, 0.05) is 30.0 Å². The third-order valence-corrected chi connectivity index (χ3v) is 5.26. The number of carbonyl (C=O) groups is 3. The number of nitrogens with zero attached hydrogens (tertiary/aromatic N) is 1. The Kier molecular flexibility index (Phi) is 6.27. The minimum absolute atomic E-state index is 0.0449. The molecule has 1 aromatic carbocycles. The lowest BCUT2D eigenvalue weighted by Crippen LogP contribution is -2.47. The van der Waals surface area contributed by atoms with Crippen molar-refractivity contribution in [3.05, 3.63) is 45.7 Å². The number of benzene rings is 1. The summed E-state index contributed by atoms with van der Waals surface area (Å²) in [6, 6.07) is 5.22. The Bertz CT molecular complexity index is 967. The molecular formula is C21H25ClN4O3. The lowest BCUT2D eigenvalue weighted by atomic mass is 10.0. The van der Waals surface area contributed by atoms with Crippen molar-refractivity contribution in [2.75, 3.05) is 29.9 Å². The number of Topliss-reactive ketones (excluding diaryl/α,β-unsaturated/α-hetero) is 1. The van der Waals surface area contributed by atoms with Gasteiger partial charge in [-0.25, -0.2) is 0 Å². The molecular weight excluding hydrogens is 392 g/mol. The van der Waals surface area contributed by atoms with E-state index in [9.17, 15) is 14.4 Å². The summed E-state index contributed by atoms with van der Waals surface area (Å²) in [5.41, 5.74) is 3.74. The van der Waals surface area contributed by atoms with Crippen LogP contribution in [-0.4, -0.2) is 42.2 Å². The molecule has 2 aromatic rings. The number of amides is 2. The predicted molar refractivity (Wildman–Crippen MR) is 114 cm³/mol. The minimum Gasteiger partial charge on any atom is -0.359 e. The second-order valence-corrected chi connectivity index (χ2v) is 7.58. The Labute approximate surface area is 174 Å². The third kappa shape index (κ3) is 4.45. The molecule has 0 bridgehead atoms. The highest BCUT2D eigenvalue weighted by atomic mass is 35.5. The maximum Gasteiger partial charge on any atom is 0.272 e. The predicted octanol–water partition coefficient (Wildman–Crippen LogP) is 3.32. The molecule has 0 aliphatic carbocycles. The first-order valence-corrected chi connectivity index (χ1v) is 10.0. The fraction of sp³-hybridized carbons (Fsp3) is 0.381. The van der Waals surface area contributed by atoms with Gasteiger partial charge >= 0.3 is 0 Å². The molecule has 1 fully saturated rings. The number of aromatic amines is 1. The van der Waals surface area contributed by atoms with E-state index < -0.39 is 0 Å². The molecule has 0 saturated carbocycles. The number of piperazine rings is 1. The largest absolute Gasteiger partial charge is 0.359 e. The summed E-state index contributed by atoms with van der Waals surface area (Å²) in [7, 11) is 0. The molecule has 2 amide bonds.